The largest absolute Gasteiger partial charge is 0.376 e. The maximum absolute atomic E-state index is 12.3. The average molecular weight is 311 g/mol. The van der Waals surface area contributed by atoms with Gasteiger partial charge in [0.15, 0.2) is 0 Å². The van der Waals surface area contributed by atoms with Gasteiger partial charge in [-0.15, -0.1) is 11.3 Å². The Morgan fingerprint density at radius 2 is 2.43 bits per heavy atom. The van der Waals surface area contributed by atoms with Gasteiger partial charge in [0.25, 0.3) is 0 Å². The van der Waals surface area contributed by atoms with Crippen LogP contribution in [-0.4, -0.2) is 41.7 Å². The number of hydrogen-bond donors (Lipinski definition) is 1. The Hall–Kier alpha value is -1.14. The molecule has 1 aliphatic rings. The van der Waals surface area contributed by atoms with Gasteiger partial charge in [0, 0.05) is 31.3 Å². The third-order valence-electron chi connectivity index (χ3n) is 3.55. The molecule has 1 N–H and O–H groups in total. The predicted octanol–water partition coefficient (Wildman–Crippen LogP) is 3.05. The summed E-state index contributed by atoms with van der Waals surface area (Å²) in [7, 11) is 0. The Kier molecular flexibility index (Phi) is 5.99. The Labute approximate surface area is 130 Å². The summed E-state index contributed by atoms with van der Waals surface area (Å²) in [6.07, 6.45) is 3.73. The summed E-state index contributed by atoms with van der Waals surface area (Å²) in [6.45, 7) is 8.55. The highest BCUT2D eigenvalue weighted by molar-refractivity contribution is 7.09. The SMILES string of the molecule is CC[C@H](NC(=O)N1CC[C@H](OCC(C)C)C1)c1nccs1. The van der Waals surface area contributed by atoms with Crippen LogP contribution in [0, 0.1) is 5.92 Å². The molecule has 0 aromatic carbocycles. The number of nitrogens with zero attached hydrogens (tertiary/aromatic N) is 2. The molecule has 2 atom stereocenters. The molecule has 2 heterocycles. The molecule has 0 spiro atoms. The van der Waals surface area contributed by atoms with Crippen LogP contribution in [0.15, 0.2) is 11.6 Å². The second-order valence-electron chi connectivity index (χ2n) is 5.86. The number of amides is 2. The van der Waals surface area contributed by atoms with E-state index >= 15 is 0 Å². The lowest BCUT2D eigenvalue weighted by Crippen LogP contribution is -2.40. The molecule has 1 aliphatic heterocycles. The Balaban J connectivity index is 1.81. The molecule has 2 rings (SSSR count). The molecule has 5 nitrogen and oxygen atoms in total. The molecule has 0 bridgehead atoms. The van der Waals surface area contributed by atoms with Crippen LogP contribution in [0.2, 0.25) is 0 Å². The number of rotatable bonds is 6. The van der Waals surface area contributed by atoms with E-state index in [2.05, 4.69) is 31.1 Å². The summed E-state index contributed by atoms with van der Waals surface area (Å²) in [5.74, 6) is 0.530. The molecule has 1 aromatic rings. The van der Waals surface area contributed by atoms with E-state index in [9.17, 15) is 4.79 Å². The van der Waals surface area contributed by atoms with E-state index in [1.807, 2.05) is 10.3 Å². The van der Waals surface area contributed by atoms with Crippen molar-refractivity contribution in [1.82, 2.24) is 15.2 Å². The van der Waals surface area contributed by atoms with Crippen molar-refractivity contribution in [3.05, 3.63) is 16.6 Å². The Bertz CT molecular complexity index is 436. The molecular formula is C15H25N3O2S. The number of carbonyl (C=O) groups excluding carboxylic acids is 1. The topological polar surface area (TPSA) is 54.5 Å². The van der Waals surface area contributed by atoms with Gasteiger partial charge in [0.1, 0.15) is 5.01 Å². The van der Waals surface area contributed by atoms with Crippen LogP contribution in [0.3, 0.4) is 0 Å². The van der Waals surface area contributed by atoms with Crippen LogP contribution in [0.25, 0.3) is 0 Å². The number of urea groups is 1. The van der Waals surface area contributed by atoms with E-state index in [4.69, 9.17) is 4.74 Å². The van der Waals surface area contributed by atoms with E-state index in [-0.39, 0.29) is 18.2 Å². The smallest absolute Gasteiger partial charge is 0.318 e. The molecule has 2 amide bonds. The quantitative estimate of drug-likeness (QED) is 0.878. The number of ether oxygens (including phenoxy) is 1. The maximum Gasteiger partial charge on any atom is 0.318 e. The zero-order valence-corrected chi connectivity index (χ0v) is 13.9. The van der Waals surface area contributed by atoms with Crippen LogP contribution in [0.4, 0.5) is 4.79 Å². The summed E-state index contributed by atoms with van der Waals surface area (Å²) in [6, 6.07) is 0.000768. The standard InChI is InChI=1S/C15H25N3O2S/c1-4-13(14-16-6-8-21-14)17-15(19)18-7-5-12(9-18)20-10-11(2)3/h6,8,11-13H,4-5,7,9-10H2,1-3H3,(H,17,19)/t12-,13-/m0/s1. The second-order valence-corrected chi connectivity index (χ2v) is 6.79. The lowest BCUT2D eigenvalue weighted by Gasteiger charge is -2.21. The van der Waals surface area contributed by atoms with E-state index < -0.39 is 0 Å². The molecule has 0 aliphatic carbocycles. The van der Waals surface area contributed by atoms with Gasteiger partial charge in [-0.2, -0.15) is 0 Å². The molecule has 0 radical (unpaired) electrons. The molecule has 6 heteroatoms. The lowest BCUT2D eigenvalue weighted by atomic mass is 10.2. The zero-order chi connectivity index (χ0) is 15.2. The van der Waals surface area contributed by atoms with Crippen molar-refractivity contribution >= 4 is 17.4 Å². The van der Waals surface area contributed by atoms with E-state index in [1.165, 1.54) is 0 Å². The molecule has 0 saturated carbocycles. The van der Waals surface area contributed by atoms with Gasteiger partial charge in [-0.1, -0.05) is 20.8 Å². The number of carbonyl (C=O) groups is 1. The second kappa shape index (κ2) is 7.75. The van der Waals surface area contributed by atoms with Gasteiger partial charge in [-0.3, -0.25) is 0 Å². The van der Waals surface area contributed by atoms with E-state index in [1.54, 1.807) is 17.5 Å². The first-order valence-corrected chi connectivity index (χ1v) is 8.54. The first-order chi connectivity index (χ1) is 10.1. The molecule has 1 saturated heterocycles. The van der Waals surface area contributed by atoms with Crippen molar-refractivity contribution in [2.45, 2.75) is 45.8 Å². The van der Waals surface area contributed by atoms with Crippen molar-refractivity contribution in [3.8, 4) is 0 Å². The zero-order valence-electron chi connectivity index (χ0n) is 13.0. The molecular weight excluding hydrogens is 286 g/mol. The Morgan fingerprint density at radius 3 is 3.05 bits per heavy atom. The number of nitrogens with one attached hydrogen (secondary N) is 1. The van der Waals surface area contributed by atoms with E-state index in [0.717, 1.165) is 31.0 Å². The van der Waals surface area contributed by atoms with Gasteiger partial charge in [-0.25, -0.2) is 9.78 Å². The van der Waals surface area contributed by atoms with Crippen molar-refractivity contribution in [2.24, 2.45) is 5.92 Å². The monoisotopic (exact) mass is 311 g/mol. The highest BCUT2D eigenvalue weighted by Crippen LogP contribution is 2.20. The van der Waals surface area contributed by atoms with Gasteiger partial charge < -0.3 is 15.0 Å². The third-order valence-corrected chi connectivity index (χ3v) is 4.44. The fourth-order valence-corrected chi connectivity index (χ4v) is 3.14. The summed E-state index contributed by atoms with van der Waals surface area (Å²) in [5.41, 5.74) is 0. The highest BCUT2D eigenvalue weighted by Gasteiger charge is 2.28. The molecule has 0 unspecified atom stereocenters. The molecule has 1 fully saturated rings. The number of thiazole rings is 1. The Morgan fingerprint density at radius 1 is 1.62 bits per heavy atom. The van der Waals surface area contributed by atoms with Crippen molar-refractivity contribution < 1.29 is 9.53 Å². The molecule has 1 aromatic heterocycles. The summed E-state index contributed by atoms with van der Waals surface area (Å²) >= 11 is 1.58. The van der Waals surface area contributed by atoms with Gasteiger partial charge in [0.2, 0.25) is 0 Å². The number of hydrogen-bond acceptors (Lipinski definition) is 4. The number of aromatic nitrogens is 1. The third kappa shape index (κ3) is 4.68. The number of likely N-dealkylation sites (tertiary alicyclic amines) is 1. The van der Waals surface area contributed by atoms with Crippen LogP contribution >= 0.6 is 11.3 Å². The summed E-state index contributed by atoms with van der Waals surface area (Å²) in [4.78, 5) is 18.5. The maximum atomic E-state index is 12.3. The first-order valence-electron chi connectivity index (χ1n) is 7.66. The molecule has 118 valence electrons. The summed E-state index contributed by atoms with van der Waals surface area (Å²) in [5, 5.41) is 5.99. The van der Waals surface area contributed by atoms with Crippen LogP contribution in [0.1, 0.15) is 44.7 Å². The van der Waals surface area contributed by atoms with Gasteiger partial charge >= 0.3 is 6.03 Å². The fraction of sp³-hybridized carbons (Fsp3) is 0.733. The minimum Gasteiger partial charge on any atom is -0.376 e. The van der Waals surface area contributed by atoms with Crippen LogP contribution in [-0.2, 0) is 4.74 Å². The van der Waals surface area contributed by atoms with Gasteiger partial charge in [-0.05, 0) is 18.8 Å². The first kappa shape index (κ1) is 16.2. The van der Waals surface area contributed by atoms with Crippen molar-refractivity contribution in [3.63, 3.8) is 0 Å². The fourth-order valence-electron chi connectivity index (χ4n) is 2.36. The van der Waals surface area contributed by atoms with Crippen LogP contribution < -0.4 is 5.32 Å². The highest BCUT2D eigenvalue weighted by atomic mass is 32.1. The normalized spacial score (nSPS) is 20.0. The minimum atomic E-state index is -0.00676. The summed E-state index contributed by atoms with van der Waals surface area (Å²) < 4.78 is 5.82. The van der Waals surface area contributed by atoms with Crippen LogP contribution in [0.5, 0.6) is 0 Å². The van der Waals surface area contributed by atoms with Gasteiger partial charge in [0.05, 0.1) is 12.1 Å². The van der Waals surface area contributed by atoms with Crippen molar-refractivity contribution in [2.75, 3.05) is 19.7 Å². The van der Waals surface area contributed by atoms with E-state index in [0.29, 0.717) is 12.5 Å². The predicted molar refractivity (Wildman–Crippen MR) is 84.4 cm³/mol. The van der Waals surface area contributed by atoms with Crippen molar-refractivity contribution in [1.29, 1.82) is 0 Å². The minimum absolute atomic E-state index is 0.00676. The average Bonchev–Trinajstić information content (AvgIpc) is 3.13. The molecule has 21 heavy (non-hydrogen) atoms. The lowest BCUT2D eigenvalue weighted by molar-refractivity contribution is 0.0435.